The van der Waals surface area contributed by atoms with Gasteiger partial charge in [0.15, 0.2) is 0 Å². The van der Waals surface area contributed by atoms with Gasteiger partial charge in [-0.15, -0.1) is 11.3 Å². The van der Waals surface area contributed by atoms with Crippen LogP contribution in [0, 0.1) is 0 Å². The van der Waals surface area contributed by atoms with Gasteiger partial charge in [-0.1, -0.05) is 28.9 Å². The van der Waals surface area contributed by atoms with E-state index in [1.54, 1.807) is 12.3 Å². The van der Waals surface area contributed by atoms with Crippen LogP contribution >= 0.6 is 27.3 Å². The first kappa shape index (κ1) is 16.5. The van der Waals surface area contributed by atoms with Crippen molar-refractivity contribution >= 4 is 27.3 Å². The van der Waals surface area contributed by atoms with Crippen LogP contribution in [0.4, 0.5) is 13.2 Å². The third-order valence-corrected chi connectivity index (χ3v) is 4.50. The topological polar surface area (TPSA) is 24.9 Å². The molecule has 0 saturated carbocycles. The maximum absolute atomic E-state index is 13.0. The number of hydrogen-bond acceptors (Lipinski definition) is 3. The number of rotatable bonds is 5. The SMILES string of the molecule is CCNC(Cc1nccs1)c1ccc(Br)c(C(F)(F)F)c1. The van der Waals surface area contributed by atoms with E-state index in [2.05, 4.69) is 26.2 Å². The molecule has 1 unspecified atom stereocenters. The summed E-state index contributed by atoms with van der Waals surface area (Å²) in [6, 6.07) is 4.17. The molecule has 2 nitrogen and oxygen atoms in total. The summed E-state index contributed by atoms with van der Waals surface area (Å²) >= 11 is 4.47. The van der Waals surface area contributed by atoms with Gasteiger partial charge in [-0.25, -0.2) is 4.98 Å². The fourth-order valence-corrected chi connectivity index (χ4v) is 3.19. The molecule has 114 valence electrons. The average Bonchev–Trinajstić information content (AvgIpc) is 2.90. The van der Waals surface area contributed by atoms with Crippen LogP contribution in [-0.2, 0) is 12.6 Å². The summed E-state index contributed by atoms with van der Waals surface area (Å²) in [6.07, 6.45) is -2.09. The van der Waals surface area contributed by atoms with E-state index < -0.39 is 11.7 Å². The number of benzene rings is 1. The number of aromatic nitrogens is 1. The second kappa shape index (κ2) is 6.89. The first-order valence-corrected chi connectivity index (χ1v) is 8.07. The number of likely N-dealkylation sites (N-methyl/N-ethyl adjacent to an activating group) is 1. The maximum atomic E-state index is 13.0. The standard InChI is InChI=1S/C14H14BrF3N2S/c1-2-19-12(8-13-20-5-6-21-13)9-3-4-11(15)10(7-9)14(16,17)18/h3-7,12,19H,2,8H2,1H3. The summed E-state index contributed by atoms with van der Waals surface area (Å²) in [7, 11) is 0. The van der Waals surface area contributed by atoms with E-state index in [0.29, 0.717) is 18.5 Å². The van der Waals surface area contributed by atoms with Gasteiger partial charge in [-0.2, -0.15) is 13.2 Å². The number of thiazole rings is 1. The Labute approximate surface area is 133 Å². The van der Waals surface area contributed by atoms with Gasteiger partial charge in [-0.3, -0.25) is 0 Å². The second-order valence-corrected chi connectivity index (χ2v) is 6.31. The van der Waals surface area contributed by atoms with E-state index in [0.717, 1.165) is 5.01 Å². The molecule has 0 fully saturated rings. The molecule has 1 aromatic carbocycles. The first-order chi connectivity index (χ1) is 9.91. The molecular formula is C14H14BrF3N2S. The monoisotopic (exact) mass is 378 g/mol. The highest BCUT2D eigenvalue weighted by molar-refractivity contribution is 9.10. The van der Waals surface area contributed by atoms with Gasteiger partial charge in [0.05, 0.1) is 10.6 Å². The van der Waals surface area contributed by atoms with Crippen molar-refractivity contribution in [1.29, 1.82) is 0 Å². The van der Waals surface area contributed by atoms with E-state index in [1.165, 1.54) is 23.5 Å². The molecule has 7 heteroatoms. The van der Waals surface area contributed by atoms with Crippen LogP contribution in [-0.4, -0.2) is 11.5 Å². The number of nitrogens with one attached hydrogen (secondary N) is 1. The zero-order valence-corrected chi connectivity index (χ0v) is 13.6. The normalized spacial score (nSPS) is 13.4. The molecule has 1 atom stereocenters. The van der Waals surface area contributed by atoms with Crippen LogP contribution in [0.2, 0.25) is 0 Å². The molecule has 1 heterocycles. The number of halogens is 4. The van der Waals surface area contributed by atoms with Gasteiger partial charge < -0.3 is 5.32 Å². The van der Waals surface area contributed by atoms with Crippen molar-refractivity contribution in [3.63, 3.8) is 0 Å². The predicted molar refractivity (Wildman–Crippen MR) is 81.4 cm³/mol. The molecule has 0 aliphatic carbocycles. The Balaban J connectivity index is 2.32. The lowest BCUT2D eigenvalue weighted by Crippen LogP contribution is -2.23. The Kier molecular flexibility index (Phi) is 5.40. The Morgan fingerprint density at radius 3 is 2.71 bits per heavy atom. The summed E-state index contributed by atoms with van der Waals surface area (Å²) in [6.45, 7) is 2.60. The third-order valence-electron chi connectivity index (χ3n) is 3.01. The molecule has 0 aliphatic rings. The Bertz CT molecular complexity index is 584. The van der Waals surface area contributed by atoms with Crippen LogP contribution in [0.3, 0.4) is 0 Å². The molecule has 0 spiro atoms. The van der Waals surface area contributed by atoms with Crippen molar-refractivity contribution in [2.75, 3.05) is 6.54 Å². The zero-order valence-electron chi connectivity index (χ0n) is 11.2. The molecular weight excluding hydrogens is 365 g/mol. The smallest absolute Gasteiger partial charge is 0.310 e. The fourth-order valence-electron chi connectivity index (χ4n) is 2.06. The second-order valence-electron chi connectivity index (χ2n) is 4.48. The van der Waals surface area contributed by atoms with Crippen LogP contribution in [0.15, 0.2) is 34.2 Å². The van der Waals surface area contributed by atoms with Gasteiger partial charge in [0.25, 0.3) is 0 Å². The van der Waals surface area contributed by atoms with Crippen molar-refractivity contribution < 1.29 is 13.2 Å². The van der Waals surface area contributed by atoms with Crippen molar-refractivity contribution in [3.05, 3.63) is 50.4 Å². The van der Waals surface area contributed by atoms with E-state index in [1.807, 2.05) is 12.3 Å². The number of nitrogens with zero attached hydrogens (tertiary/aromatic N) is 1. The quantitative estimate of drug-likeness (QED) is 0.806. The summed E-state index contributed by atoms with van der Waals surface area (Å²) in [5.41, 5.74) is -0.0374. The van der Waals surface area contributed by atoms with Gasteiger partial charge in [0.1, 0.15) is 0 Å². The largest absolute Gasteiger partial charge is 0.417 e. The van der Waals surface area contributed by atoms with Gasteiger partial charge in [0, 0.05) is 28.5 Å². The Morgan fingerprint density at radius 1 is 1.38 bits per heavy atom. The van der Waals surface area contributed by atoms with E-state index >= 15 is 0 Å². The van der Waals surface area contributed by atoms with E-state index in [4.69, 9.17) is 0 Å². The van der Waals surface area contributed by atoms with Crippen LogP contribution in [0.25, 0.3) is 0 Å². The lowest BCUT2D eigenvalue weighted by Gasteiger charge is -2.19. The lowest BCUT2D eigenvalue weighted by molar-refractivity contribution is -0.138. The molecule has 0 amide bonds. The Morgan fingerprint density at radius 2 is 2.14 bits per heavy atom. The van der Waals surface area contributed by atoms with E-state index in [9.17, 15) is 13.2 Å². The Hall–Kier alpha value is -0.920. The van der Waals surface area contributed by atoms with Crippen LogP contribution in [0.1, 0.15) is 29.1 Å². The van der Waals surface area contributed by atoms with Crippen molar-refractivity contribution in [3.8, 4) is 0 Å². The zero-order chi connectivity index (χ0) is 15.5. The fraction of sp³-hybridized carbons (Fsp3) is 0.357. The molecule has 0 radical (unpaired) electrons. The molecule has 1 N–H and O–H groups in total. The van der Waals surface area contributed by atoms with Crippen molar-refractivity contribution in [1.82, 2.24) is 10.3 Å². The summed E-state index contributed by atoms with van der Waals surface area (Å²) in [4.78, 5) is 4.20. The molecule has 2 rings (SSSR count). The predicted octanol–water partition coefficient (Wildman–Crippen LogP) is 4.82. The number of alkyl halides is 3. The van der Waals surface area contributed by atoms with Crippen LogP contribution in [0.5, 0.6) is 0 Å². The number of hydrogen-bond donors (Lipinski definition) is 1. The van der Waals surface area contributed by atoms with Gasteiger partial charge >= 0.3 is 6.18 Å². The molecule has 1 aromatic heterocycles. The third kappa shape index (κ3) is 4.28. The highest BCUT2D eigenvalue weighted by Crippen LogP contribution is 2.36. The van der Waals surface area contributed by atoms with Gasteiger partial charge in [0.2, 0.25) is 0 Å². The van der Waals surface area contributed by atoms with Crippen molar-refractivity contribution in [2.45, 2.75) is 25.6 Å². The van der Waals surface area contributed by atoms with Crippen LogP contribution < -0.4 is 5.32 Å². The lowest BCUT2D eigenvalue weighted by atomic mass is 10.0. The summed E-state index contributed by atoms with van der Waals surface area (Å²) in [5, 5.41) is 5.98. The minimum atomic E-state index is -4.37. The minimum Gasteiger partial charge on any atom is -0.310 e. The molecule has 2 aromatic rings. The highest BCUT2D eigenvalue weighted by atomic mass is 79.9. The first-order valence-electron chi connectivity index (χ1n) is 6.40. The maximum Gasteiger partial charge on any atom is 0.417 e. The van der Waals surface area contributed by atoms with Crippen molar-refractivity contribution in [2.24, 2.45) is 0 Å². The average molecular weight is 379 g/mol. The van der Waals surface area contributed by atoms with Gasteiger partial charge in [-0.05, 0) is 24.2 Å². The minimum absolute atomic E-state index is 0.0586. The molecule has 0 aliphatic heterocycles. The highest BCUT2D eigenvalue weighted by Gasteiger charge is 2.33. The molecule has 0 bridgehead atoms. The van der Waals surface area contributed by atoms with E-state index in [-0.39, 0.29) is 10.5 Å². The summed E-state index contributed by atoms with van der Waals surface area (Å²) in [5.74, 6) is 0. The summed E-state index contributed by atoms with van der Waals surface area (Å²) < 4.78 is 39.0. The molecule has 21 heavy (non-hydrogen) atoms. The molecule has 0 saturated heterocycles.